The van der Waals surface area contributed by atoms with E-state index in [4.69, 9.17) is 5.10 Å². The molecule has 1 aliphatic carbocycles. The normalized spacial score (nSPS) is 25.1. The standard InChI is InChI=1S/C39H48N8O4/c48-36-15-14-35(38(50)44-36)46-24-30-29(39(46)51)9-5-12-31(30)42-27-8-3-6-25(20-27)7-4-13-37(49)45-18-16-28(17-19-45)47-23-26(21-41-47)34-22-40-32-10-1-2-11-33(32)43-34/h1-2,5,9-12,21,23,25,27-28,34-35,40,42-43H,3-4,6-8,13-20,22,24H2,(H,44,48,50). The van der Waals surface area contributed by atoms with Crippen LogP contribution in [0.2, 0.25) is 0 Å². The number of imide groups is 1. The first-order chi connectivity index (χ1) is 24.9. The van der Waals surface area contributed by atoms with E-state index in [1.807, 2.05) is 41.4 Å². The Morgan fingerprint density at radius 1 is 0.961 bits per heavy atom. The smallest absolute Gasteiger partial charge is 0.255 e. The zero-order valence-electron chi connectivity index (χ0n) is 29.1. The maximum absolute atomic E-state index is 13.3. The predicted molar refractivity (Wildman–Crippen MR) is 194 cm³/mol. The molecule has 2 aromatic carbocycles. The van der Waals surface area contributed by atoms with E-state index in [1.165, 1.54) is 12.0 Å². The monoisotopic (exact) mass is 692 g/mol. The van der Waals surface area contributed by atoms with Gasteiger partial charge in [-0.2, -0.15) is 5.10 Å². The summed E-state index contributed by atoms with van der Waals surface area (Å²) in [7, 11) is 0. The highest BCUT2D eigenvalue weighted by Crippen LogP contribution is 2.36. The minimum atomic E-state index is -0.616. The number of piperidine rings is 2. The van der Waals surface area contributed by atoms with Crippen LogP contribution in [0, 0.1) is 5.92 Å². The molecule has 12 nitrogen and oxygen atoms in total. The van der Waals surface area contributed by atoms with Gasteiger partial charge >= 0.3 is 0 Å². The number of benzene rings is 2. The molecule has 3 aromatic rings. The number of aromatic nitrogens is 2. The molecule has 0 bridgehead atoms. The van der Waals surface area contributed by atoms with E-state index in [0.29, 0.717) is 43.0 Å². The Morgan fingerprint density at radius 2 is 1.80 bits per heavy atom. The van der Waals surface area contributed by atoms with E-state index in [9.17, 15) is 19.2 Å². The van der Waals surface area contributed by atoms with Crippen molar-refractivity contribution in [1.82, 2.24) is 24.9 Å². The summed E-state index contributed by atoms with van der Waals surface area (Å²) in [5.41, 5.74) is 5.95. The molecule has 3 fully saturated rings. The summed E-state index contributed by atoms with van der Waals surface area (Å²) in [6.07, 6.45) is 13.5. The molecule has 1 saturated carbocycles. The molecule has 51 heavy (non-hydrogen) atoms. The van der Waals surface area contributed by atoms with E-state index < -0.39 is 6.04 Å². The molecule has 0 radical (unpaired) electrons. The van der Waals surface area contributed by atoms with Gasteiger partial charge in [-0.25, -0.2) is 0 Å². The fourth-order valence-electron chi connectivity index (χ4n) is 8.85. The zero-order valence-corrected chi connectivity index (χ0v) is 29.1. The summed E-state index contributed by atoms with van der Waals surface area (Å²) in [5, 5.41) is 18.0. The van der Waals surface area contributed by atoms with Crippen molar-refractivity contribution in [1.29, 1.82) is 0 Å². The number of rotatable bonds is 9. The number of anilines is 3. The largest absolute Gasteiger partial charge is 0.382 e. The van der Waals surface area contributed by atoms with Gasteiger partial charge in [0, 0.05) is 73.6 Å². The van der Waals surface area contributed by atoms with Crippen LogP contribution in [0.5, 0.6) is 0 Å². The molecule has 2 saturated heterocycles. The van der Waals surface area contributed by atoms with E-state index in [1.54, 1.807) is 4.90 Å². The Balaban J connectivity index is 0.778. The van der Waals surface area contributed by atoms with Crippen molar-refractivity contribution in [2.24, 2.45) is 5.92 Å². The van der Waals surface area contributed by atoms with Crippen LogP contribution < -0.4 is 21.3 Å². The summed E-state index contributed by atoms with van der Waals surface area (Å²) in [5.74, 6) is 0.00871. The molecule has 12 heteroatoms. The Hall–Kier alpha value is -4.87. The van der Waals surface area contributed by atoms with Gasteiger partial charge in [0.25, 0.3) is 5.91 Å². The van der Waals surface area contributed by atoms with Crippen molar-refractivity contribution < 1.29 is 19.2 Å². The first-order valence-electron chi connectivity index (χ1n) is 18.8. The van der Waals surface area contributed by atoms with Crippen LogP contribution in [0.4, 0.5) is 17.1 Å². The van der Waals surface area contributed by atoms with Crippen molar-refractivity contribution in [3.8, 4) is 0 Å². The van der Waals surface area contributed by atoms with Gasteiger partial charge in [-0.3, -0.25) is 29.2 Å². The summed E-state index contributed by atoms with van der Waals surface area (Å²) >= 11 is 0. The van der Waals surface area contributed by atoms with Crippen LogP contribution in [0.1, 0.15) is 104 Å². The summed E-state index contributed by atoms with van der Waals surface area (Å²) in [6, 6.07) is 14.2. The summed E-state index contributed by atoms with van der Waals surface area (Å²) < 4.78 is 2.10. The first kappa shape index (κ1) is 33.3. The topological polar surface area (TPSA) is 141 Å². The van der Waals surface area contributed by atoms with Gasteiger partial charge in [-0.05, 0) is 75.1 Å². The van der Waals surface area contributed by atoms with Crippen molar-refractivity contribution in [3.63, 3.8) is 0 Å². The van der Waals surface area contributed by atoms with Gasteiger partial charge in [0.05, 0.1) is 29.7 Å². The highest BCUT2D eigenvalue weighted by atomic mass is 16.2. The molecule has 4 amide bonds. The number of hydrogen-bond acceptors (Lipinski definition) is 8. The molecule has 5 aliphatic rings. The predicted octanol–water partition coefficient (Wildman–Crippen LogP) is 5.23. The molecule has 8 rings (SSSR count). The van der Waals surface area contributed by atoms with E-state index >= 15 is 0 Å². The Bertz CT molecular complexity index is 1800. The molecular formula is C39H48N8O4. The van der Waals surface area contributed by atoms with Crippen LogP contribution in [0.15, 0.2) is 54.9 Å². The van der Waals surface area contributed by atoms with Gasteiger partial charge in [0.1, 0.15) is 6.04 Å². The maximum atomic E-state index is 13.3. The number of likely N-dealkylation sites (tertiary alicyclic amines) is 1. The average Bonchev–Trinajstić information content (AvgIpc) is 3.78. The van der Waals surface area contributed by atoms with Gasteiger partial charge in [0.2, 0.25) is 17.7 Å². The van der Waals surface area contributed by atoms with Crippen molar-refractivity contribution >= 4 is 40.7 Å². The van der Waals surface area contributed by atoms with Crippen LogP contribution in [0.25, 0.3) is 0 Å². The third kappa shape index (κ3) is 7.05. The molecule has 0 spiro atoms. The lowest BCUT2D eigenvalue weighted by molar-refractivity contribution is -0.137. The molecule has 268 valence electrons. The summed E-state index contributed by atoms with van der Waals surface area (Å²) in [4.78, 5) is 54.3. The lowest BCUT2D eigenvalue weighted by Gasteiger charge is -2.33. The van der Waals surface area contributed by atoms with Gasteiger partial charge in [-0.15, -0.1) is 0 Å². The molecule has 4 aliphatic heterocycles. The Morgan fingerprint density at radius 3 is 2.65 bits per heavy atom. The van der Waals surface area contributed by atoms with Gasteiger partial charge < -0.3 is 25.8 Å². The number of nitrogens with one attached hydrogen (secondary N) is 4. The number of amides is 4. The lowest BCUT2D eigenvalue weighted by Crippen LogP contribution is -2.52. The van der Waals surface area contributed by atoms with Crippen molar-refractivity contribution in [2.75, 3.05) is 35.6 Å². The molecule has 4 N–H and O–H groups in total. The fourth-order valence-corrected chi connectivity index (χ4v) is 8.85. The molecule has 1 aromatic heterocycles. The van der Waals surface area contributed by atoms with E-state index in [-0.39, 0.29) is 36.1 Å². The minimum absolute atomic E-state index is 0.147. The number of hydrogen-bond donors (Lipinski definition) is 4. The van der Waals surface area contributed by atoms with Gasteiger partial charge in [-0.1, -0.05) is 31.0 Å². The first-order valence-corrected chi connectivity index (χ1v) is 18.8. The van der Waals surface area contributed by atoms with Crippen LogP contribution in [0.3, 0.4) is 0 Å². The van der Waals surface area contributed by atoms with Crippen molar-refractivity contribution in [3.05, 3.63) is 71.5 Å². The van der Waals surface area contributed by atoms with Crippen molar-refractivity contribution in [2.45, 2.75) is 101 Å². The highest BCUT2D eigenvalue weighted by Gasteiger charge is 2.40. The Labute approximate surface area is 298 Å². The minimum Gasteiger partial charge on any atom is -0.382 e. The molecule has 4 atom stereocenters. The molecule has 5 heterocycles. The third-order valence-electron chi connectivity index (χ3n) is 11.7. The second-order valence-corrected chi connectivity index (χ2v) is 15.0. The lowest BCUT2D eigenvalue weighted by atomic mass is 9.82. The quantitative estimate of drug-likeness (QED) is 0.224. The Kier molecular flexibility index (Phi) is 9.40. The van der Waals surface area contributed by atoms with E-state index in [0.717, 1.165) is 87.2 Å². The number of nitrogens with zero attached hydrogens (tertiary/aromatic N) is 4. The van der Waals surface area contributed by atoms with Crippen LogP contribution >= 0.6 is 0 Å². The van der Waals surface area contributed by atoms with Gasteiger partial charge in [0.15, 0.2) is 0 Å². The number of fused-ring (bicyclic) bond motifs is 2. The fraction of sp³-hybridized carbons (Fsp3) is 0.513. The SMILES string of the molecule is O=C1CCC(N2Cc3c(NC4CCCC(CCCC(=O)N5CCC(n6cc(C7CNc8ccccc8N7)cn6)CC5)C4)cccc3C2=O)C(=O)N1. The average molecular weight is 693 g/mol. The van der Waals surface area contributed by atoms with Crippen LogP contribution in [-0.2, 0) is 20.9 Å². The zero-order chi connectivity index (χ0) is 34.9. The second-order valence-electron chi connectivity index (χ2n) is 15.0. The molecular weight excluding hydrogens is 644 g/mol. The third-order valence-corrected chi connectivity index (χ3v) is 11.7. The maximum Gasteiger partial charge on any atom is 0.255 e. The highest BCUT2D eigenvalue weighted by molar-refractivity contribution is 6.06. The summed E-state index contributed by atoms with van der Waals surface area (Å²) in [6.45, 7) is 2.73. The van der Waals surface area contributed by atoms with Crippen LogP contribution in [-0.4, -0.2) is 74.9 Å². The molecule has 4 unspecified atom stereocenters. The van der Waals surface area contributed by atoms with E-state index in [2.05, 4.69) is 44.3 Å². The number of para-hydroxylation sites is 2. The number of carbonyl (C=O) groups is 4. The second kappa shape index (κ2) is 14.4. The number of carbonyl (C=O) groups excluding carboxylic acids is 4.